The molecule has 1 N–H and O–H groups in total. The van der Waals surface area contributed by atoms with E-state index in [1.165, 1.54) is 44.9 Å². The van der Waals surface area contributed by atoms with Gasteiger partial charge in [0.1, 0.15) is 0 Å². The fourth-order valence-corrected chi connectivity index (χ4v) is 2.87. The Hall–Kier alpha value is -0.0400. The molecule has 0 unspecified atom stereocenters. The van der Waals surface area contributed by atoms with Crippen molar-refractivity contribution in [2.75, 3.05) is 0 Å². The van der Waals surface area contributed by atoms with Crippen molar-refractivity contribution in [2.45, 2.75) is 83.7 Å². The van der Waals surface area contributed by atoms with Crippen LogP contribution in [0, 0.1) is 5.92 Å². The smallest absolute Gasteiger partial charge is 0.0648 e. The molecular weight excluding hydrogens is 184 g/mol. The molecular formula is C14H28O. The summed E-state index contributed by atoms with van der Waals surface area (Å²) in [5.41, 5.74) is -0.292. The zero-order valence-corrected chi connectivity index (χ0v) is 10.6. The van der Waals surface area contributed by atoms with Gasteiger partial charge in [-0.2, -0.15) is 0 Å². The Labute approximate surface area is 95.3 Å². The summed E-state index contributed by atoms with van der Waals surface area (Å²) in [4.78, 5) is 0. The Kier molecular flexibility index (Phi) is 5.66. The van der Waals surface area contributed by atoms with Crippen LogP contribution in [0.25, 0.3) is 0 Å². The van der Waals surface area contributed by atoms with Gasteiger partial charge in [-0.15, -0.1) is 0 Å². The number of unbranched alkanes of at least 4 members (excludes halogenated alkanes) is 2. The van der Waals surface area contributed by atoms with Gasteiger partial charge in [-0.3, -0.25) is 0 Å². The molecule has 0 bridgehead atoms. The summed E-state index contributed by atoms with van der Waals surface area (Å²) in [6, 6.07) is 0. The lowest BCUT2D eigenvalue weighted by Gasteiger charge is -2.36. The van der Waals surface area contributed by atoms with Crippen molar-refractivity contribution in [1.29, 1.82) is 0 Å². The molecule has 0 heterocycles. The van der Waals surface area contributed by atoms with Crippen molar-refractivity contribution < 1.29 is 5.11 Å². The molecule has 1 heteroatoms. The monoisotopic (exact) mass is 212 g/mol. The molecule has 90 valence electrons. The fourth-order valence-electron chi connectivity index (χ4n) is 2.87. The first kappa shape index (κ1) is 13.0. The SMILES string of the molecule is CCCCCC1(O)CCC(CCC)CC1. The predicted octanol–water partition coefficient (Wildman–Crippen LogP) is 4.29. The maximum Gasteiger partial charge on any atom is 0.0648 e. The van der Waals surface area contributed by atoms with E-state index in [1.54, 1.807) is 0 Å². The molecule has 1 aliphatic rings. The van der Waals surface area contributed by atoms with E-state index in [2.05, 4.69) is 13.8 Å². The average molecular weight is 212 g/mol. The van der Waals surface area contributed by atoms with Gasteiger partial charge < -0.3 is 5.11 Å². The highest BCUT2D eigenvalue weighted by atomic mass is 16.3. The second-order valence-corrected chi connectivity index (χ2v) is 5.41. The van der Waals surface area contributed by atoms with Crippen LogP contribution in [0.4, 0.5) is 0 Å². The molecule has 15 heavy (non-hydrogen) atoms. The van der Waals surface area contributed by atoms with Crippen molar-refractivity contribution >= 4 is 0 Å². The van der Waals surface area contributed by atoms with Crippen LogP contribution in [0.3, 0.4) is 0 Å². The van der Waals surface area contributed by atoms with E-state index in [4.69, 9.17) is 0 Å². The molecule has 0 atom stereocenters. The van der Waals surface area contributed by atoms with Gasteiger partial charge in [-0.05, 0) is 38.0 Å². The molecule has 1 nitrogen and oxygen atoms in total. The number of hydrogen-bond donors (Lipinski definition) is 1. The van der Waals surface area contributed by atoms with E-state index in [9.17, 15) is 5.11 Å². The molecule has 0 radical (unpaired) electrons. The van der Waals surface area contributed by atoms with E-state index in [0.717, 1.165) is 25.2 Å². The quantitative estimate of drug-likeness (QED) is 0.651. The first-order valence-corrected chi connectivity index (χ1v) is 6.92. The normalized spacial score (nSPS) is 31.8. The zero-order valence-electron chi connectivity index (χ0n) is 10.6. The van der Waals surface area contributed by atoms with Gasteiger partial charge in [-0.1, -0.05) is 46.0 Å². The van der Waals surface area contributed by atoms with Crippen molar-refractivity contribution in [1.82, 2.24) is 0 Å². The highest BCUT2D eigenvalue weighted by Crippen LogP contribution is 2.37. The lowest BCUT2D eigenvalue weighted by molar-refractivity contribution is -0.0193. The third-order valence-corrected chi connectivity index (χ3v) is 3.98. The molecule has 1 saturated carbocycles. The van der Waals surface area contributed by atoms with Crippen LogP contribution in [-0.2, 0) is 0 Å². The number of rotatable bonds is 6. The fraction of sp³-hybridized carbons (Fsp3) is 1.00. The minimum atomic E-state index is -0.292. The Morgan fingerprint density at radius 3 is 2.27 bits per heavy atom. The second-order valence-electron chi connectivity index (χ2n) is 5.41. The molecule has 0 aromatic heterocycles. The van der Waals surface area contributed by atoms with Gasteiger partial charge in [-0.25, -0.2) is 0 Å². The Morgan fingerprint density at radius 1 is 1.07 bits per heavy atom. The third-order valence-electron chi connectivity index (χ3n) is 3.98. The van der Waals surface area contributed by atoms with Crippen LogP contribution in [0.5, 0.6) is 0 Å². The van der Waals surface area contributed by atoms with E-state index in [0.29, 0.717) is 0 Å². The van der Waals surface area contributed by atoms with Gasteiger partial charge in [0, 0.05) is 0 Å². The van der Waals surface area contributed by atoms with E-state index in [-0.39, 0.29) is 5.60 Å². The molecule has 0 saturated heterocycles. The van der Waals surface area contributed by atoms with Gasteiger partial charge in [0.05, 0.1) is 5.60 Å². The zero-order chi connectivity index (χ0) is 11.1. The lowest BCUT2D eigenvalue weighted by atomic mass is 9.75. The maximum absolute atomic E-state index is 10.4. The van der Waals surface area contributed by atoms with Gasteiger partial charge in [0.15, 0.2) is 0 Å². The Bertz CT molecular complexity index is 157. The van der Waals surface area contributed by atoms with E-state index < -0.39 is 0 Å². The van der Waals surface area contributed by atoms with Crippen molar-refractivity contribution in [3.05, 3.63) is 0 Å². The van der Waals surface area contributed by atoms with Gasteiger partial charge in [0.2, 0.25) is 0 Å². The highest BCUT2D eigenvalue weighted by Gasteiger charge is 2.31. The Balaban J connectivity index is 2.21. The van der Waals surface area contributed by atoms with E-state index >= 15 is 0 Å². The van der Waals surface area contributed by atoms with Crippen LogP contribution in [0.2, 0.25) is 0 Å². The predicted molar refractivity (Wildman–Crippen MR) is 66.0 cm³/mol. The largest absolute Gasteiger partial charge is 0.390 e. The second kappa shape index (κ2) is 6.52. The van der Waals surface area contributed by atoms with Gasteiger partial charge in [0.25, 0.3) is 0 Å². The van der Waals surface area contributed by atoms with Crippen molar-refractivity contribution in [3.63, 3.8) is 0 Å². The summed E-state index contributed by atoms with van der Waals surface area (Å²) in [5, 5.41) is 10.4. The standard InChI is InChI=1S/C14H28O/c1-3-5-6-10-14(15)11-8-13(7-4-2)9-12-14/h13,15H,3-12H2,1-2H3. The van der Waals surface area contributed by atoms with Crippen molar-refractivity contribution in [2.24, 2.45) is 5.92 Å². The summed E-state index contributed by atoms with van der Waals surface area (Å²) in [7, 11) is 0. The molecule has 0 aromatic carbocycles. The summed E-state index contributed by atoms with van der Waals surface area (Å²) in [5.74, 6) is 0.904. The molecule has 0 aliphatic heterocycles. The summed E-state index contributed by atoms with van der Waals surface area (Å²) >= 11 is 0. The topological polar surface area (TPSA) is 20.2 Å². The number of aliphatic hydroxyl groups is 1. The molecule has 1 aliphatic carbocycles. The lowest BCUT2D eigenvalue weighted by Crippen LogP contribution is -2.33. The molecule has 0 spiro atoms. The maximum atomic E-state index is 10.4. The number of hydrogen-bond acceptors (Lipinski definition) is 1. The highest BCUT2D eigenvalue weighted by molar-refractivity contribution is 4.85. The average Bonchev–Trinajstić information content (AvgIpc) is 2.23. The molecule has 0 aromatic rings. The third kappa shape index (κ3) is 4.55. The van der Waals surface area contributed by atoms with Crippen LogP contribution >= 0.6 is 0 Å². The van der Waals surface area contributed by atoms with Crippen molar-refractivity contribution in [3.8, 4) is 0 Å². The van der Waals surface area contributed by atoms with Crippen LogP contribution in [-0.4, -0.2) is 10.7 Å². The first-order chi connectivity index (χ1) is 7.20. The first-order valence-electron chi connectivity index (χ1n) is 6.92. The summed E-state index contributed by atoms with van der Waals surface area (Å²) < 4.78 is 0. The molecule has 1 fully saturated rings. The Morgan fingerprint density at radius 2 is 1.73 bits per heavy atom. The van der Waals surface area contributed by atoms with Crippen LogP contribution in [0.15, 0.2) is 0 Å². The van der Waals surface area contributed by atoms with Crippen LogP contribution in [0.1, 0.15) is 78.1 Å². The van der Waals surface area contributed by atoms with Gasteiger partial charge >= 0.3 is 0 Å². The minimum Gasteiger partial charge on any atom is -0.390 e. The molecule has 0 amide bonds. The summed E-state index contributed by atoms with van der Waals surface area (Å²) in [6.07, 6.45) is 12.1. The van der Waals surface area contributed by atoms with E-state index in [1.807, 2.05) is 0 Å². The van der Waals surface area contributed by atoms with Crippen LogP contribution < -0.4 is 0 Å². The summed E-state index contributed by atoms with van der Waals surface area (Å²) in [6.45, 7) is 4.49. The molecule has 1 rings (SSSR count). The minimum absolute atomic E-state index is 0.292.